The predicted molar refractivity (Wildman–Crippen MR) is 96.7 cm³/mol. The van der Waals surface area contributed by atoms with Gasteiger partial charge in [0, 0.05) is 5.69 Å². The van der Waals surface area contributed by atoms with Crippen LogP contribution < -0.4 is 14.8 Å². The van der Waals surface area contributed by atoms with Gasteiger partial charge in [0.2, 0.25) is 0 Å². The van der Waals surface area contributed by atoms with Crippen molar-refractivity contribution in [3.63, 3.8) is 0 Å². The van der Waals surface area contributed by atoms with E-state index in [1.807, 2.05) is 55.5 Å². The summed E-state index contributed by atoms with van der Waals surface area (Å²) < 4.78 is 11.3. The summed E-state index contributed by atoms with van der Waals surface area (Å²) in [4.78, 5) is 12.2. The van der Waals surface area contributed by atoms with Crippen LogP contribution in [0.5, 0.6) is 11.5 Å². The third-order valence-corrected chi connectivity index (χ3v) is 3.41. The van der Waals surface area contributed by atoms with Crippen molar-refractivity contribution in [2.45, 2.75) is 33.8 Å². The summed E-state index contributed by atoms with van der Waals surface area (Å²) in [7, 11) is 0. The van der Waals surface area contributed by atoms with Gasteiger partial charge in [0.15, 0.2) is 6.10 Å². The Morgan fingerprint density at radius 3 is 2.12 bits per heavy atom. The van der Waals surface area contributed by atoms with E-state index in [4.69, 9.17) is 9.47 Å². The van der Waals surface area contributed by atoms with Gasteiger partial charge in [0.05, 0.1) is 6.61 Å². The molecule has 4 nitrogen and oxygen atoms in total. The lowest BCUT2D eigenvalue weighted by Gasteiger charge is -2.15. The molecule has 1 N–H and O–H groups in total. The van der Waals surface area contributed by atoms with Gasteiger partial charge in [-0.25, -0.2) is 0 Å². The summed E-state index contributed by atoms with van der Waals surface area (Å²) in [5.41, 5.74) is 1.87. The van der Waals surface area contributed by atoms with Crippen molar-refractivity contribution in [2.75, 3.05) is 11.9 Å². The largest absolute Gasteiger partial charge is 0.493 e. The Kier molecular flexibility index (Phi) is 6.24. The number of nitrogens with one attached hydrogen (secondary N) is 1. The van der Waals surface area contributed by atoms with Crippen LogP contribution in [0.4, 0.5) is 5.69 Å². The quantitative estimate of drug-likeness (QED) is 0.818. The number of anilines is 1. The number of hydrogen-bond donors (Lipinski definition) is 1. The molecule has 0 bridgehead atoms. The van der Waals surface area contributed by atoms with Gasteiger partial charge in [0.1, 0.15) is 11.5 Å². The van der Waals surface area contributed by atoms with Gasteiger partial charge in [-0.05, 0) is 56.2 Å². The molecule has 2 aromatic carbocycles. The van der Waals surface area contributed by atoms with Gasteiger partial charge in [0.25, 0.3) is 5.91 Å². The zero-order valence-corrected chi connectivity index (χ0v) is 14.7. The van der Waals surface area contributed by atoms with E-state index in [2.05, 4.69) is 19.2 Å². The number of benzene rings is 2. The number of aryl methyl sites for hydroxylation is 1. The molecule has 24 heavy (non-hydrogen) atoms. The SMILES string of the molecule is Cc1ccc(O[C@@H](C)C(=O)Nc2ccc(OCC(C)C)cc2)cc1. The lowest BCUT2D eigenvalue weighted by molar-refractivity contribution is -0.122. The first-order chi connectivity index (χ1) is 11.4. The standard InChI is InChI=1S/C20H25NO3/c1-14(2)13-23-18-11-7-17(8-12-18)21-20(22)16(4)24-19-9-5-15(3)6-10-19/h5-12,14,16H,13H2,1-4H3,(H,21,22)/t16-/m0/s1. The average Bonchev–Trinajstić information content (AvgIpc) is 2.56. The summed E-state index contributed by atoms with van der Waals surface area (Å²) >= 11 is 0. The highest BCUT2D eigenvalue weighted by Crippen LogP contribution is 2.18. The molecule has 2 rings (SSSR count). The molecule has 0 aliphatic carbocycles. The first kappa shape index (κ1) is 17.9. The topological polar surface area (TPSA) is 47.6 Å². The van der Waals surface area contributed by atoms with Gasteiger partial charge in [-0.1, -0.05) is 31.5 Å². The molecule has 1 atom stereocenters. The van der Waals surface area contributed by atoms with E-state index in [-0.39, 0.29) is 5.91 Å². The van der Waals surface area contributed by atoms with Crippen molar-refractivity contribution in [1.82, 2.24) is 0 Å². The molecule has 1 amide bonds. The number of rotatable bonds is 7. The van der Waals surface area contributed by atoms with E-state index < -0.39 is 6.10 Å². The zero-order valence-electron chi connectivity index (χ0n) is 14.7. The number of hydrogen-bond acceptors (Lipinski definition) is 3. The summed E-state index contributed by atoms with van der Waals surface area (Å²) in [5.74, 6) is 1.77. The third-order valence-electron chi connectivity index (χ3n) is 3.41. The van der Waals surface area contributed by atoms with Crippen LogP contribution in [0.15, 0.2) is 48.5 Å². The zero-order chi connectivity index (χ0) is 17.5. The van der Waals surface area contributed by atoms with Crippen LogP contribution in [0.25, 0.3) is 0 Å². The maximum absolute atomic E-state index is 12.2. The molecule has 0 heterocycles. The van der Waals surface area contributed by atoms with E-state index in [0.717, 1.165) is 17.0 Å². The Hall–Kier alpha value is -2.49. The number of ether oxygens (including phenoxy) is 2. The van der Waals surface area contributed by atoms with Gasteiger partial charge in [-0.15, -0.1) is 0 Å². The molecule has 0 saturated carbocycles. The summed E-state index contributed by atoms with van der Waals surface area (Å²) in [6.45, 7) is 8.62. The van der Waals surface area contributed by atoms with Gasteiger partial charge < -0.3 is 14.8 Å². The van der Waals surface area contributed by atoms with Crippen molar-refractivity contribution in [2.24, 2.45) is 5.92 Å². The Bertz CT molecular complexity index is 648. The van der Waals surface area contributed by atoms with Crippen molar-refractivity contribution in [3.05, 3.63) is 54.1 Å². The molecule has 0 aliphatic rings. The Morgan fingerprint density at radius 2 is 1.54 bits per heavy atom. The highest BCUT2D eigenvalue weighted by atomic mass is 16.5. The Morgan fingerprint density at radius 1 is 0.958 bits per heavy atom. The fraction of sp³-hybridized carbons (Fsp3) is 0.350. The second-order valence-corrected chi connectivity index (χ2v) is 6.29. The smallest absolute Gasteiger partial charge is 0.265 e. The third kappa shape index (κ3) is 5.61. The van der Waals surface area contributed by atoms with Crippen molar-refractivity contribution >= 4 is 11.6 Å². The maximum Gasteiger partial charge on any atom is 0.265 e. The van der Waals surface area contributed by atoms with E-state index in [9.17, 15) is 4.79 Å². The van der Waals surface area contributed by atoms with Crippen LogP contribution >= 0.6 is 0 Å². The Balaban J connectivity index is 1.87. The van der Waals surface area contributed by atoms with Crippen molar-refractivity contribution in [1.29, 1.82) is 0 Å². The predicted octanol–water partition coefficient (Wildman–Crippen LogP) is 4.44. The summed E-state index contributed by atoms with van der Waals surface area (Å²) in [5, 5.41) is 2.85. The van der Waals surface area contributed by atoms with Crippen LogP contribution in [-0.2, 0) is 4.79 Å². The molecule has 0 aliphatic heterocycles. The monoisotopic (exact) mass is 327 g/mol. The van der Waals surface area contributed by atoms with E-state index in [1.54, 1.807) is 6.92 Å². The number of amides is 1. The summed E-state index contributed by atoms with van der Waals surface area (Å²) in [6.07, 6.45) is -0.579. The van der Waals surface area contributed by atoms with Crippen LogP contribution in [0.3, 0.4) is 0 Å². The lowest BCUT2D eigenvalue weighted by atomic mass is 10.2. The molecule has 2 aromatic rings. The molecular weight excluding hydrogens is 302 g/mol. The molecule has 4 heteroatoms. The van der Waals surface area contributed by atoms with Crippen LogP contribution in [0, 0.1) is 12.8 Å². The maximum atomic E-state index is 12.2. The van der Waals surface area contributed by atoms with E-state index in [0.29, 0.717) is 18.3 Å². The minimum absolute atomic E-state index is 0.188. The summed E-state index contributed by atoms with van der Waals surface area (Å²) in [6, 6.07) is 15.0. The molecule has 0 radical (unpaired) electrons. The molecule has 0 aromatic heterocycles. The molecule has 0 unspecified atom stereocenters. The minimum Gasteiger partial charge on any atom is -0.493 e. The lowest BCUT2D eigenvalue weighted by Crippen LogP contribution is -2.30. The van der Waals surface area contributed by atoms with E-state index >= 15 is 0 Å². The Labute approximate surface area is 143 Å². The van der Waals surface area contributed by atoms with Crippen molar-refractivity contribution in [3.8, 4) is 11.5 Å². The molecule has 0 spiro atoms. The van der Waals surface area contributed by atoms with E-state index in [1.165, 1.54) is 0 Å². The van der Waals surface area contributed by atoms with Crippen LogP contribution in [-0.4, -0.2) is 18.6 Å². The van der Waals surface area contributed by atoms with Crippen molar-refractivity contribution < 1.29 is 14.3 Å². The number of carbonyl (C=O) groups is 1. The minimum atomic E-state index is -0.579. The molecule has 0 saturated heterocycles. The fourth-order valence-corrected chi connectivity index (χ4v) is 2.02. The first-order valence-corrected chi connectivity index (χ1v) is 8.21. The average molecular weight is 327 g/mol. The highest BCUT2D eigenvalue weighted by molar-refractivity contribution is 5.94. The second-order valence-electron chi connectivity index (χ2n) is 6.29. The fourth-order valence-electron chi connectivity index (χ4n) is 2.02. The molecule has 0 fully saturated rings. The molecular formula is C20H25NO3. The highest BCUT2D eigenvalue weighted by Gasteiger charge is 2.14. The normalized spacial score (nSPS) is 11.9. The van der Waals surface area contributed by atoms with Gasteiger partial charge in [-0.2, -0.15) is 0 Å². The second kappa shape index (κ2) is 8.39. The van der Waals surface area contributed by atoms with Gasteiger partial charge >= 0.3 is 0 Å². The number of carbonyl (C=O) groups excluding carboxylic acids is 1. The van der Waals surface area contributed by atoms with Crippen LogP contribution in [0.2, 0.25) is 0 Å². The van der Waals surface area contributed by atoms with Crippen LogP contribution in [0.1, 0.15) is 26.3 Å². The molecule has 128 valence electrons. The first-order valence-electron chi connectivity index (χ1n) is 8.21. The van der Waals surface area contributed by atoms with Gasteiger partial charge in [-0.3, -0.25) is 4.79 Å².